The molecule has 0 bridgehead atoms. The number of allylic oxidation sites excluding steroid dienone is 2. The van der Waals surface area contributed by atoms with E-state index in [1.807, 2.05) is 50.5 Å². The van der Waals surface area contributed by atoms with Crippen molar-refractivity contribution >= 4 is 35.3 Å². The first kappa shape index (κ1) is 24.4. The van der Waals surface area contributed by atoms with Crippen molar-refractivity contribution in [2.24, 2.45) is 4.99 Å². The van der Waals surface area contributed by atoms with Gasteiger partial charge in [-0.05, 0) is 46.0 Å². The molecule has 2 atom stereocenters. The topological polar surface area (TPSA) is 60.0 Å². The Balaban J connectivity index is 1.88. The van der Waals surface area contributed by atoms with Crippen molar-refractivity contribution in [3.63, 3.8) is 0 Å². The molecular formula is C26H35ClN6O. The summed E-state index contributed by atoms with van der Waals surface area (Å²) < 4.78 is 6.27. The fourth-order valence-corrected chi connectivity index (χ4v) is 5.01. The summed E-state index contributed by atoms with van der Waals surface area (Å²) in [6, 6.07) is 2.82. The first-order chi connectivity index (χ1) is 16.3. The second kappa shape index (κ2) is 10.2. The van der Waals surface area contributed by atoms with E-state index < -0.39 is 0 Å². The van der Waals surface area contributed by atoms with Crippen LogP contribution in [0.4, 0.5) is 5.69 Å². The highest BCUT2D eigenvalue weighted by Crippen LogP contribution is 2.43. The molecule has 2 aliphatic heterocycles. The van der Waals surface area contributed by atoms with Crippen LogP contribution in [-0.4, -0.2) is 85.3 Å². The molecule has 0 amide bonds. The van der Waals surface area contributed by atoms with Gasteiger partial charge in [-0.2, -0.15) is 5.10 Å². The van der Waals surface area contributed by atoms with Crippen molar-refractivity contribution in [3.8, 4) is 5.75 Å². The van der Waals surface area contributed by atoms with Gasteiger partial charge in [0.25, 0.3) is 0 Å². The highest BCUT2D eigenvalue weighted by molar-refractivity contribution is 6.33. The minimum absolute atomic E-state index is 0.339. The largest absolute Gasteiger partial charge is 0.489 e. The van der Waals surface area contributed by atoms with E-state index in [9.17, 15) is 0 Å². The summed E-state index contributed by atoms with van der Waals surface area (Å²) in [6.45, 7) is 9.81. The standard InChI is InChI=1S/C26H35ClN6O/c1-7-8-9-23-19(14-29-30-23)12-20-22(27)13-21(24-25(20)34-11-10-31(24)5)26(28-4)33-16-17(2)32(6)15-18(33)3/h7-9,12-14,17-18,30H,10-11,15-16H2,1-6H3/b8-7+,19-12+,23-9+,28-26?/t17-,18+/m1/s1. The fourth-order valence-electron chi connectivity index (χ4n) is 4.76. The van der Waals surface area contributed by atoms with Gasteiger partial charge in [-0.25, -0.2) is 0 Å². The lowest BCUT2D eigenvalue weighted by Gasteiger charge is -2.44. The maximum absolute atomic E-state index is 6.95. The summed E-state index contributed by atoms with van der Waals surface area (Å²) in [7, 11) is 6.16. The van der Waals surface area contributed by atoms with E-state index in [1.165, 1.54) is 0 Å². The number of benzene rings is 1. The number of halogens is 1. The molecule has 0 aliphatic carbocycles. The highest BCUT2D eigenvalue weighted by Gasteiger charge is 2.33. The summed E-state index contributed by atoms with van der Waals surface area (Å²) in [6.07, 6.45) is 9.82. The Kier molecular flexibility index (Phi) is 7.33. The minimum atomic E-state index is 0.339. The van der Waals surface area contributed by atoms with Gasteiger partial charge in [-0.3, -0.25) is 15.0 Å². The van der Waals surface area contributed by atoms with Crippen LogP contribution in [0.15, 0.2) is 29.4 Å². The van der Waals surface area contributed by atoms with Gasteiger partial charge in [0, 0.05) is 55.6 Å². The van der Waals surface area contributed by atoms with Crippen LogP contribution in [0.5, 0.6) is 5.75 Å². The quantitative estimate of drug-likeness (QED) is 0.538. The predicted molar refractivity (Wildman–Crippen MR) is 142 cm³/mol. The third-order valence-corrected chi connectivity index (χ3v) is 7.09. The molecule has 8 heteroatoms. The van der Waals surface area contributed by atoms with Crippen molar-refractivity contribution in [2.45, 2.75) is 32.9 Å². The van der Waals surface area contributed by atoms with Crippen molar-refractivity contribution in [2.75, 3.05) is 52.3 Å². The second-order valence-corrected chi connectivity index (χ2v) is 9.59. The normalized spacial score (nSPS) is 23.1. The predicted octanol–water partition coefficient (Wildman–Crippen LogP) is 2.48. The maximum Gasteiger partial charge on any atom is 0.152 e. The number of nitrogens with zero attached hydrogens (tertiary/aromatic N) is 5. The maximum atomic E-state index is 6.95. The van der Waals surface area contributed by atoms with E-state index in [0.29, 0.717) is 23.7 Å². The number of fused-ring (bicyclic) bond motifs is 1. The summed E-state index contributed by atoms with van der Waals surface area (Å²) in [4.78, 5) is 11.8. The summed E-state index contributed by atoms with van der Waals surface area (Å²) in [5.41, 5.74) is 2.90. The number of likely N-dealkylation sites (N-methyl/N-ethyl adjacent to an activating group) is 2. The Labute approximate surface area is 207 Å². The van der Waals surface area contributed by atoms with Crippen molar-refractivity contribution < 1.29 is 4.74 Å². The first-order valence-corrected chi connectivity index (χ1v) is 12.2. The number of aliphatic imine (C=N–C) groups is 1. The van der Waals surface area contributed by atoms with Crippen LogP contribution in [0.1, 0.15) is 31.9 Å². The van der Waals surface area contributed by atoms with Gasteiger partial charge < -0.3 is 14.5 Å². The Bertz CT molecular complexity index is 1220. The average molecular weight is 483 g/mol. The van der Waals surface area contributed by atoms with E-state index in [0.717, 1.165) is 58.6 Å². The summed E-state index contributed by atoms with van der Waals surface area (Å²) in [5, 5.41) is 9.79. The van der Waals surface area contributed by atoms with Gasteiger partial charge >= 0.3 is 0 Å². The van der Waals surface area contributed by atoms with E-state index in [1.54, 1.807) is 0 Å². The Morgan fingerprint density at radius 2 is 2.06 bits per heavy atom. The van der Waals surface area contributed by atoms with Crippen LogP contribution >= 0.6 is 11.6 Å². The number of piperazine rings is 1. The molecule has 1 saturated heterocycles. The molecule has 2 aliphatic rings. The number of nitrogens with one attached hydrogen (secondary N) is 1. The zero-order chi connectivity index (χ0) is 24.4. The molecule has 3 heterocycles. The van der Waals surface area contributed by atoms with Crippen LogP contribution < -0.4 is 20.2 Å². The third-order valence-electron chi connectivity index (χ3n) is 6.78. The van der Waals surface area contributed by atoms with Gasteiger partial charge in [0.1, 0.15) is 12.4 Å². The number of aromatic nitrogens is 2. The number of rotatable bonds is 3. The molecule has 0 unspecified atom stereocenters. The van der Waals surface area contributed by atoms with Gasteiger partial charge in [0.05, 0.1) is 28.8 Å². The molecule has 0 radical (unpaired) electrons. The number of H-pyrrole nitrogens is 1. The Hall–Kier alpha value is -2.77. The smallest absolute Gasteiger partial charge is 0.152 e. The molecule has 0 spiro atoms. The SMILES string of the molecule is C/C=C/C=c1/[nH]nc/c1=C\c1c(Cl)cc(C(=NC)N2C[C@@H](C)N(C)C[C@@H]2C)c2c1OCCN2C. The zero-order valence-electron chi connectivity index (χ0n) is 21.0. The molecule has 0 saturated carbocycles. The number of anilines is 1. The molecule has 182 valence electrons. The average Bonchev–Trinajstić information content (AvgIpc) is 3.25. The molecular weight excluding hydrogens is 448 g/mol. The number of amidine groups is 1. The molecule has 1 fully saturated rings. The summed E-state index contributed by atoms with van der Waals surface area (Å²) >= 11 is 6.95. The lowest BCUT2D eigenvalue weighted by Crippen LogP contribution is -2.57. The molecule has 4 rings (SSSR count). The molecule has 34 heavy (non-hydrogen) atoms. The van der Waals surface area contributed by atoms with Crippen molar-refractivity contribution in [1.82, 2.24) is 20.0 Å². The fraction of sp³-hybridized carbons (Fsp3) is 0.462. The third kappa shape index (κ3) is 4.59. The number of ether oxygens (including phenoxy) is 1. The molecule has 7 nitrogen and oxygen atoms in total. The lowest BCUT2D eigenvalue weighted by molar-refractivity contribution is 0.110. The molecule has 1 aromatic heterocycles. The number of hydrogen-bond donors (Lipinski definition) is 1. The highest BCUT2D eigenvalue weighted by atomic mass is 35.5. The lowest BCUT2D eigenvalue weighted by atomic mass is 10.00. The van der Waals surface area contributed by atoms with Gasteiger partial charge in [-0.15, -0.1) is 0 Å². The molecule has 2 aromatic rings. The van der Waals surface area contributed by atoms with Crippen LogP contribution in [0.25, 0.3) is 12.2 Å². The van der Waals surface area contributed by atoms with Gasteiger partial charge in [0.15, 0.2) is 5.75 Å². The number of aromatic amines is 1. The second-order valence-electron chi connectivity index (χ2n) is 9.18. The van der Waals surface area contributed by atoms with Crippen LogP contribution in [0.3, 0.4) is 0 Å². The van der Waals surface area contributed by atoms with Crippen LogP contribution in [-0.2, 0) is 0 Å². The van der Waals surface area contributed by atoms with Crippen molar-refractivity contribution in [1.29, 1.82) is 0 Å². The first-order valence-electron chi connectivity index (χ1n) is 11.8. The molecule has 1 N–H and O–H groups in total. The van der Waals surface area contributed by atoms with E-state index >= 15 is 0 Å². The van der Waals surface area contributed by atoms with E-state index in [4.69, 9.17) is 21.3 Å². The van der Waals surface area contributed by atoms with E-state index in [2.05, 4.69) is 52.8 Å². The van der Waals surface area contributed by atoms with Gasteiger partial charge in [-0.1, -0.05) is 23.8 Å². The summed E-state index contributed by atoms with van der Waals surface area (Å²) in [5.74, 6) is 1.75. The van der Waals surface area contributed by atoms with Crippen LogP contribution in [0.2, 0.25) is 5.02 Å². The van der Waals surface area contributed by atoms with E-state index in [-0.39, 0.29) is 0 Å². The van der Waals surface area contributed by atoms with Crippen molar-refractivity contribution in [3.05, 3.63) is 51.1 Å². The monoisotopic (exact) mass is 482 g/mol. The zero-order valence-corrected chi connectivity index (χ0v) is 21.7. The minimum Gasteiger partial charge on any atom is -0.489 e. The van der Waals surface area contributed by atoms with Gasteiger partial charge in [0.2, 0.25) is 0 Å². The van der Waals surface area contributed by atoms with Crippen LogP contribution in [0, 0.1) is 0 Å². The Morgan fingerprint density at radius 3 is 2.79 bits per heavy atom. The number of hydrogen-bond acceptors (Lipinski definition) is 5. The Morgan fingerprint density at radius 1 is 1.26 bits per heavy atom. The molecule has 1 aromatic carbocycles.